The topological polar surface area (TPSA) is 75.7 Å². The number of amides is 2. The average molecular weight is 332 g/mol. The van der Waals surface area contributed by atoms with E-state index in [4.69, 9.17) is 4.74 Å². The molecule has 2 rings (SSSR count). The van der Waals surface area contributed by atoms with Crippen LogP contribution in [-0.2, 0) is 14.3 Å². The molecule has 6 nitrogen and oxygen atoms in total. The fourth-order valence-electron chi connectivity index (χ4n) is 2.74. The number of rotatable bonds is 5. The van der Waals surface area contributed by atoms with Gasteiger partial charge in [-0.2, -0.15) is 0 Å². The first-order chi connectivity index (χ1) is 11.5. The molecule has 0 bridgehead atoms. The lowest BCUT2D eigenvalue weighted by Crippen LogP contribution is -2.42. The molecule has 0 aliphatic carbocycles. The number of hydrogen-bond acceptors (Lipinski definition) is 4. The van der Waals surface area contributed by atoms with E-state index in [2.05, 4.69) is 5.32 Å². The minimum absolute atomic E-state index is 0.0672. The van der Waals surface area contributed by atoms with Crippen molar-refractivity contribution in [3.63, 3.8) is 0 Å². The molecule has 1 aromatic rings. The van der Waals surface area contributed by atoms with E-state index in [9.17, 15) is 14.4 Å². The number of esters is 1. The second kappa shape index (κ2) is 8.47. The molecule has 0 saturated carbocycles. The van der Waals surface area contributed by atoms with Crippen LogP contribution in [0, 0.1) is 5.92 Å². The SMILES string of the molecule is CCOC(=O)C1CCCN(C(=O)c2ccc(NC(=O)CC)cc2)C1. The Morgan fingerprint density at radius 2 is 1.92 bits per heavy atom. The van der Waals surface area contributed by atoms with Gasteiger partial charge in [0.05, 0.1) is 12.5 Å². The molecular weight excluding hydrogens is 308 g/mol. The summed E-state index contributed by atoms with van der Waals surface area (Å²) in [7, 11) is 0. The number of nitrogens with zero attached hydrogens (tertiary/aromatic N) is 1. The van der Waals surface area contributed by atoms with Crippen LogP contribution < -0.4 is 5.32 Å². The smallest absolute Gasteiger partial charge is 0.310 e. The second-order valence-corrected chi connectivity index (χ2v) is 5.82. The van der Waals surface area contributed by atoms with Gasteiger partial charge in [0.1, 0.15) is 0 Å². The van der Waals surface area contributed by atoms with Gasteiger partial charge in [0.25, 0.3) is 5.91 Å². The molecule has 0 radical (unpaired) electrons. The molecule has 2 amide bonds. The predicted octanol–water partition coefficient (Wildman–Crippen LogP) is 2.45. The number of piperidine rings is 1. The van der Waals surface area contributed by atoms with Crippen molar-refractivity contribution in [2.45, 2.75) is 33.1 Å². The zero-order valence-electron chi connectivity index (χ0n) is 14.2. The fraction of sp³-hybridized carbons (Fsp3) is 0.500. The third kappa shape index (κ3) is 4.57. The van der Waals surface area contributed by atoms with Crippen LogP contribution in [0.25, 0.3) is 0 Å². The summed E-state index contributed by atoms with van der Waals surface area (Å²) in [5.41, 5.74) is 1.22. The Bertz CT molecular complexity index is 598. The molecule has 1 fully saturated rings. The van der Waals surface area contributed by atoms with Crippen molar-refractivity contribution in [2.24, 2.45) is 5.92 Å². The van der Waals surface area contributed by atoms with Crippen LogP contribution >= 0.6 is 0 Å². The van der Waals surface area contributed by atoms with Crippen molar-refractivity contribution >= 4 is 23.5 Å². The summed E-state index contributed by atoms with van der Waals surface area (Å²) >= 11 is 0. The number of likely N-dealkylation sites (tertiary alicyclic amines) is 1. The van der Waals surface area contributed by atoms with E-state index in [1.54, 1.807) is 43.0 Å². The molecule has 1 saturated heterocycles. The summed E-state index contributed by atoms with van der Waals surface area (Å²) in [6, 6.07) is 6.82. The Labute approximate surface area is 142 Å². The maximum absolute atomic E-state index is 12.6. The minimum Gasteiger partial charge on any atom is -0.466 e. The van der Waals surface area contributed by atoms with E-state index < -0.39 is 0 Å². The maximum Gasteiger partial charge on any atom is 0.310 e. The minimum atomic E-state index is -0.245. The summed E-state index contributed by atoms with van der Waals surface area (Å²) in [6.07, 6.45) is 1.95. The van der Waals surface area contributed by atoms with E-state index in [0.717, 1.165) is 12.8 Å². The lowest BCUT2D eigenvalue weighted by molar-refractivity contribution is -0.149. The molecule has 0 spiro atoms. The van der Waals surface area contributed by atoms with E-state index >= 15 is 0 Å². The Morgan fingerprint density at radius 3 is 2.54 bits per heavy atom. The summed E-state index contributed by atoms with van der Waals surface area (Å²) in [4.78, 5) is 37.5. The lowest BCUT2D eigenvalue weighted by Gasteiger charge is -2.31. The summed E-state index contributed by atoms with van der Waals surface area (Å²) < 4.78 is 5.06. The quantitative estimate of drug-likeness (QED) is 0.840. The number of nitrogens with one attached hydrogen (secondary N) is 1. The van der Waals surface area contributed by atoms with Crippen molar-refractivity contribution < 1.29 is 19.1 Å². The van der Waals surface area contributed by atoms with Gasteiger partial charge < -0.3 is 15.0 Å². The molecule has 130 valence electrons. The first-order valence-electron chi connectivity index (χ1n) is 8.41. The van der Waals surface area contributed by atoms with Crippen LogP contribution in [0.2, 0.25) is 0 Å². The zero-order valence-corrected chi connectivity index (χ0v) is 14.2. The highest BCUT2D eigenvalue weighted by molar-refractivity contribution is 5.96. The van der Waals surface area contributed by atoms with Gasteiger partial charge in [0.2, 0.25) is 5.91 Å². The number of carbonyl (C=O) groups is 3. The van der Waals surface area contributed by atoms with Crippen LogP contribution in [-0.4, -0.2) is 42.4 Å². The Hall–Kier alpha value is -2.37. The van der Waals surface area contributed by atoms with Crippen molar-refractivity contribution in [3.8, 4) is 0 Å². The number of hydrogen-bond donors (Lipinski definition) is 1. The van der Waals surface area contributed by atoms with Gasteiger partial charge in [-0.3, -0.25) is 14.4 Å². The molecule has 1 aliphatic rings. The molecular formula is C18H24N2O4. The number of anilines is 1. The van der Waals surface area contributed by atoms with Gasteiger partial charge in [-0.15, -0.1) is 0 Å². The first-order valence-corrected chi connectivity index (χ1v) is 8.41. The maximum atomic E-state index is 12.6. The van der Waals surface area contributed by atoms with Crippen molar-refractivity contribution in [3.05, 3.63) is 29.8 Å². The van der Waals surface area contributed by atoms with Gasteiger partial charge in [-0.05, 0) is 44.0 Å². The molecule has 1 heterocycles. The lowest BCUT2D eigenvalue weighted by atomic mass is 9.97. The van der Waals surface area contributed by atoms with Crippen molar-refractivity contribution in [1.82, 2.24) is 4.90 Å². The summed E-state index contributed by atoms with van der Waals surface area (Å²) in [5, 5.41) is 2.75. The number of ether oxygens (including phenoxy) is 1. The highest BCUT2D eigenvalue weighted by Crippen LogP contribution is 2.20. The Kier molecular flexibility index (Phi) is 6.35. The zero-order chi connectivity index (χ0) is 17.5. The van der Waals surface area contributed by atoms with Crippen LogP contribution in [0.15, 0.2) is 24.3 Å². The molecule has 1 aliphatic heterocycles. The average Bonchev–Trinajstić information content (AvgIpc) is 2.62. The molecule has 0 aromatic heterocycles. The monoisotopic (exact) mass is 332 g/mol. The third-order valence-electron chi connectivity index (χ3n) is 4.07. The standard InChI is InChI=1S/C18H24N2O4/c1-3-16(21)19-15-9-7-13(8-10-15)17(22)20-11-5-6-14(12-20)18(23)24-4-2/h7-10,14H,3-6,11-12H2,1-2H3,(H,19,21). The van der Waals surface area contributed by atoms with Gasteiger partial charge >= 0.3 is 5.97 Å². The normalized spacial score (nSPS) is 17.2. The Balaban J connectivity index is 2.00. The van der Waals surface area contributed by atoms with Gasteiger partial charge in [0, 0.05) is 30.8 Å². The van der Waals surface area contributed by atoms with Crippen LogP contribution in [0.3, 0.4) is 0 Å². The second-order valence-electron chi connectivity index (χ2n) is 5.82. The van der Waals surface area contributed by atoms with Crippen molar-refractivity contribution in [2.75, 3.05) is 25.0 Å². The summed E-state index contributed by atoms with van der Waals surface area (Å²) in [5.74, 6) is -0.641. The van der Waals surface area contributed by atoms with Gasteiger partial charge in [-0.25, -0.2) is 0 Å². The van der Waals surface area contributed by atoms with Gasteiger partial charge in [-0.1, -0.05) is 6.92 Å². The highest BCUT2D eigenvalue weighted by Gasteiger charge is 2.29. The summed E-state index contributed by atoms with van der Waals surface area (Å²) in [6.45, 7) is 4.95. The highest BCUT2D eigenvalue weighted by atomic mass is 16.5. The van der Waals surface area contributed by atoms with Crippen molar-refractivity contribution in [1.29, 1.82) is 0 Å². The van der Waals surface area contributed by atoms with E-state index in [1.165, 1.54) is 0 Å². The Morgan fingerprint density at radius 1 is 1.21 bits per heavy atom. The number of carbonyl (C=O) groups excluding carboxylic acids is 3. The van der Waals surface area contributed by atoms with Crippen LogP contribution in [0.5, 0.6) is 0 Å². The van der Waals surface area contributed by atoms with E-state index in [0.29, 0.717) is 37.4 Å². The molecule has 1 N–H and O–H groups in total. The molecule has 1 atom stereocenters. The molecule has 1 unspecified atom stereocenters. The first kappa shape index (κ1) is 18.0. The van der Waals surface area contributed by atoms with Crippen LogP contribution in [0.4, 0.5) is 5.69 Å². The van der Waals surface area contributed by atoms with E-state index in [1.807, 2.05) is 0 Å². The molecule has 6 heteroatoms. The molecule has 24 heavy (non-hydrogen) atoms. The molecule has 1 aromatic carbocycles. The van der Waals surface area contributed by atoms with Crippen LogP contribution in [0.1, 0.15) is 43.5 Å². The number of benzene rings is 1. The van der Waals surface area contributed by atoms with Gasteiger partial charge in [0.15, 0.2) is 0 Å². The third-order valence-corrected chi connectivity index (χ3v) is 4.07. The fourth-order valence-corrected chi connectivity index (χ4v) is 2.74. The predicted molar refractivity (Wildman–Crippen MR) is 90.6 cm³/mol. The largest absolute Gasteiger partial charge is 0.466 e. The van der Waals surface area contributed by atoms with E-state index in [-0.39, 0.29) is 23.7 Å².